The summed E-state index contributed by atoms with van der Waals surface area (Å²) in [6.07, 6.45) is 15.0. The van der Waals surface area contributed by atoms with E-state index >= 15 is 0 Å². The monoisotopic (exact) mass is 284 g/mol. The Morgan fingerprint density at radius 3 is 1.70 bits per heavy atom. The molecule has 0 atom stereocenters. The maximum atomic E-state index is 12.1. The van der Waals surface area contributed by atoms with Crippen LogP contribution in [0.15, 0.2) is 0 Å². The molecule has 2 nitrogen and oxygen atoms in total. The maximum absolute atomic E-state index is 12.1. The Hall–Kier alpha value is -0.0800. The van der Waals surface area contributed by atoms with E-state index in [0.29, 0.717) is 6.54 Å². The van der Waals surface area contributed by atoms with Crippen molar-refractivity contribution in [2.45, 2.75) is 110 Å². The maximum Gasteiger partial charge on any atom is 0.00329 e. The zero-order chi connectivity index (χ0) is 15.3. The van der Waals surface area contributed by atoms with E-state index in [2.05, 4.69) is 27.7 Å². The second-order valence-corrected chi connectivity index (χ2v) is 6.85. The highest BCUT2D eigenvalue weighted by molar-refractivity contribution is 4.81. The number of rotatable bonds is 14. The minimum absolute atomic E-state index is 0.171. The SMILES string of the molecule is CCCCCCCCCC(C)(C)N([O-])CCCCCC. The number of hydrogen-bond donors (Lipinski definition) is 0. The van der Waals surface area contributed by atoms with Crippen LogP contribution in [0.5, 0.6) is 0 Å². The highest BCUT2D eigenvalue weighted by atomic mass is 16.5. The van der Waals surface area contributed by atoms with Crippen LogP contribution in [0.2, 0.25) is 0 Å². The molecule has 20 heavy (non-hydrogen) atoms. The smallest absolute Gasteiger partial charge is 0.00329 e. The van der Waals surface area contributed by atoms with Crippen molar-refractivity contribution in [1.82, 2.24) is 5.06 Å². The molecule has 0 aromatic rings. The summed E-state index contributed by atoms with van der Waals surface area (Å²) in [7, 11) is 0. The summed E-state index contributed by atoms with van der Waals surface area (Å²) in [4.78, 5) is 0. The molecule has 0 aromatic carbocycles. The zero-order valence-electron chi connectivity index (χ0n) is 14.5. The van der Waals surface area contributed by atoms with Gasteiger partial charge in [-0.3, -0.25) is 0 Å². The van der Waals surface area contributed by atoms with Crippen molar-refractivity contribution in [3.8, 4) is 0 Å². The topological polar surface area (TPSA) is 26.3 Å². The summed E-state index contributed by atoms with van der Waals surface area (Å²) in [5, 5.41) is 13.5. The van der Waals surface area contributed by atoms with E-state index in [1.807, 2.05) is 0 Å². The largest absolute Gasteiger partial charge is 0.785 e. The van der Waals surface area contributed by atoms with Gasteiger partial charge in [-0.15, -0.1) is 0 Å². The standard InChI is InChI=1S/C18H38NO/c1-5-7-9-11-12-13-14-16-18(3,4)19(20)17-15-10-8-6-2/h5-17H2,1-4H3/q-1. The van der Waals surface area contributed by atoms with Gasteiger partial charge in [-0.1, -0.05) is 78.1 Å². The third-order valence-electron chi connectivity index (χ3n) is 4.28. The van der Waals surface area contributed by atoms with Gasteiger partial charge in [-0.2, -0.15) is 0 Å². The molecule has 0 aliphatic heterocycles. The predicted octanol–water partition coefficient (Wildman–Crippen LogP) is 6.29. The summed E-state index contributed by atoms with van der Waals surface area (Å²) in [6.45, 7) is 9.39. The minimum atomic E-state index is -0.171. The molecular formula is C18H38NO-. The van der Waals surface area contributed by atoms with E-state index in [4.69, 9.17) is 0 Å². The van der Waals surface area contributed by atoms with Crippen LogP contribution in [-0.4, -0.2) is 17.1 Å². The molecule has 0 amide bonds. The summed E-state index contributed by atoms with van der Waals surface area (Å²) in [6, 6.07) is 0. The number of hydrogen-bond acceptors (Lipinski definition) is 2. The fourth-order valence-corrected chi connectivity index (χ4v) is 2.62. The number of unbranched alkanes of at least 4 members (excludes halogenated alkanes) is 9. The van der Waals surface area contributed by atoms with Crippen LogP contribution < -0.4 is 0 Å². The van der Waals surface area contributed by atoms with Crippen molar-refractivity contribution in [2.75, 3.05) is 6.54 Å². The molecular weight excluding hydrogens is 246 g/mol. The van der Waals surface area contributed by atoms with Gasteiger partial charge in [-0.05, 0) is 33.2 Å². The van der Waals surface area contributed by atoms with Gasteiger partial charge in [0.05, 0.1) is 0 Å². The molecule has 0 saturated heterocycles. The summed E-state index contributed by atoms with van der Waals surface area (Å²) < 4.78 is 0. The van der Waals surface area contributed by atoms with E-state index in [0.717, 1.165) is 12.8 Å². The molecule has 0 unspecified atom stereocenters. The molecule has 122 valence electrons. The van der Waals surface area contributed by atoms with Crippen molar-refractivity contribution in [1.29, 1.82) is 0 Å². The highest BCUT2D eigenvalue weighted by Gasteiger charge is 2.18. The van der Waals surface area contributed by atoms with Gasteiger partial charge in [0.25, 0.3) is 0 Å². The molecule has 0 heterocycles. The van der Waals surface area contributed by atoms with Crippen molar-refractivity contribution in [3.63, 3.8) is 0 Å². The average molecular weight is 285 g/mol. The Balaban J connectivity index is 3.60. The predicted molar refractivity (Wildman–Crippen MR) is 90.9 cm³/mol. The lowest BCUT2D eigenvalue weighted by molar-refractivity contribution is 0.165. The van der Waals surface area contributed by atoms with Gasteiger partial charge in [0.1, 0.15) is 0 Å². The van der Waals surface area contributed by atoms with Crippen molar-refractivity contribution >= 4 is 0 Å². The van der Waals surface area contributed by atoms with Crippen LogP contribution in [-0.2, 0) is 0 Å². The van der Waals surface area contributed by atoms with Crippen molar-refractivity contribution < 1.29 is 0 Å². The van der Waals surface area contributed by atoms with Crippen LogP contribution in [0.25, 0.3) is 0 Å². The van der Waals surface area contributed by atoms with E-state index < -0.39 is 0 Å². The third kappa shape index (κ3) is 10.7. The van der Waals surface area contributed by atoms with Crippen molar-refractivity contribution in [2.24, 2.45) is 0 Å². The van der Waals surface area contributed by atoms with Gasteiger partial charge in [0.2, 0.25) is 0 Å². The summed E-state index contributed by atoms with van der Waals surface area (Å²) >= 11 is 0. The fourth-order valence-electron chi connectivity index (χ4n) is 2.62. The first kappa shape index (κ1) is 19.9. The van der Waals surface area contributed by atoms with Gasteiger partial charge in [0.15, 0.2) is 0 Å². The normalized spacial score (nSPS) is 12.3. The molecule has 0 aromatic heterocycles. The minimum Gasteiger partial charge on any atom is -0.785 e. The molecule has 0 radical (unpaired) electrons. The molecule has 0 bridgehead atoms. The van der Waals surface area contributed by atoms with Gasteiger partial charge >= 0.3 is 0 Å². The van der Waals surface area contributed by atoms with E-state index in [1.54, 1.807) is 0 Å². The lowest BCUT2D eigenvalue weighted by atomic mass is 9.95. The van der Waals surface area contributed by atoms with Crippen LogP contribution in [0.3, 0.4) is 0 Å². The molecule has 0 aliphatic rings. The number of nitrogens with zero attached hydrogens (tertiary/aromatic N) is 1. The van der Waals surface area contributed by atoms with Crippen molar-refractivity contribution in [3.05, 3.63) is 5.21 Å². The van der Waals surface area contributed by atoms with Gasteiger partial charge in [0, 0.05) is 5.54 Å². The first-order valence-electron chi connectivity index (χ1n) is 8.99. The first-order valence-corrected chi connectivity index (χ1v) is 8.99. The van der Waals surface area contributed by atoms with E-state index in [-0.39, 0.29) is 5.54 Å². The second-order valence-electron chi connectivity index (χ2n) is 6.85. The summed E-state index contributed by atoms with van der Waals surface area (Å²) in [5.41, 5.74) is -0.171. The molecule has 0 fully saturated rings. The average Bonchev–Trinajstić information content (AvgIpc) is 2.42. The molecule has 0 spiro atoms. The Morgan fingerprint density at radius 2 is 1.15 bits per heavy atom. The Bertz CT molecular complexity index is 204. The molecule has 0 aliphatic carbocycles. The highest BCUT2D eigenvalue weighted by Crippen LogP contribution is 2.22. The lowest BCUT2D eigenvalue weighted by Gasteiger charge is -2.44. The third-order valence-corrected chi connectivity index (χ3v) is 4.28. The number of hydroxylamine groups is 2. The Morgan fingerprint density at radius 1 is 0.700 bits per heavy atom. The fraction of sp³-hybridized carbons (Fsp3) is 1.00. The quantitative estimate of drug-likeness (QED) is 0.277. The van der Waals surface area contributed by atoms with Crippen LogP contribution >= 0.6 is 0 Å². The Labute approximate surface area is 127 Å². The zero-order valence-corrected chi connectivity index (χ0v) is 14.5. The summed E-state index contributed by atoms with van der Waals surface area (Å²) in [5.74, 6) is 0. The van der Waals surface area contributed by atoms with Crippen LogP contribution in [0.4, 0.5) is 0 Å². The lowest BCUT2D eigenvalue weighted by Crippen LogP contribution is -2.40. The molecule has 2 heteroatoms. The second kappa shape index (κ2) is 12.6. The molecule has 0 N–H and O–H groups in total. The first-order chi connectivity index (χ1) is 9.54. The van der Waals surface area contributed by atoms with Gasteiger partial charge < -0.3 is 10.3 Å². The Kier molecular flexibility index (Phi) is 12.6. The van der Waals surface area contributed by atoms with E-state index in [9.17, 15) is 5.21 Å². The molecule has 0 rings (SSSR count). The van der Waals surface area contributed by atoms with E-state index in [1.165, 1.54) is 69.3 Å². The van der Waals surface area contributed by atoms with Gasteiger partial charge in [-0.25, -0.2) is 0 Å². The van der Waals surface area contributed by atoms with Crippen LogP contribution in [0, 0.1) is 5.21 Å². The van der Waals surface area contributed by atoms with Crippen LogP contribution in [0.1, 0.15) is 105 Å². The molecule has 0 saturated carbocycles.